The first-order valence-electron chi connectivity index (χ1n) is 12.6. The maximum absolute atomic E-state index is 4.77. The Labute approximate surface area is 204 Å². The second-order valence-corrected chi connectivity index (χ2v) is 10.4. The lowest BCUT2D eigenvalue weighted by Crippen LogP contribution is -2.25. The first-order chi connectivity index (χ1) is 17.3. The van der Waals surface area contributed by atoms with Gasteiger partial charge in [-0.15, -0.1) is 0 Å². The maximum atomic E-state index is 4.77. The van der Waals surface area contributed by atoms with E-state index in [1.165, 1.54) is 84.0 Å². The van der Waals surface area contributed by atoms with Gasteiger partial charge in [0, 0.05) is 19.0 Å². The van der Waals surface area contributed by atoms with E-state index in [2.05, 4.69) is 83.8 Å². The predicted molar refractivity (Wildman–Crippen MR) is 141 cm³/mol. The third-order valence-corrected chi connectivity index (χ3v) is 8.54. The van der Waals surface area contributed by atoms with Gasteiger partial charge in [-0.05, 0) is 104 Å². The number of fused-ring (bicyclic) bond motifs is 11. The number of benzene rings is 4. The highest BCUT2D eigenvalue weighted by Crippen LogP contribution is 2.54. The molecule has 4 aromatic carbocycles. The van der Waals surface area contributed by atoms with Crippen LogP contribution in [0.2, 0.25) is 0 Å². The van der Waals surface area contributed by atoms with Gasteiger partial charge >= 0.3 is 0 Å². The van der Waals surface area contributed by atoms with Crippen LogP contribution in [0.5, 0.6) is 0 Å². The summed E-state index contributed by atoms with van der Waals surface area (Å²) in [5.41, 5.74) is 21.1. The van der Waals surface area contributed by atoms with Crippen LogP contribution in [0, 0.1) is 0 Å². The third kappa shape index (κ3) is 2.27. The van der Waals surface area contributed by atoms with E-state index in [9.17, 15) is 0 Å². The molecule has 2 nitrogen and oxygen atoms in total. The Hall–Kier alpha value is -4.17. The molecule has 0 unspecified atom stereocenters. The van der Waals surface area contributed by atoms with Crippen LogP contribution < -0.4 is 4.90 Å². The van der Waals surface area contributed by atoms with Crippen LogP contribution >= 0.6 is 0 Å². The van der Waals surface area contributed by atoms with Crippen LogP contribution in [-0.4, -0.2) is 4.98 Å². The number of hydrogen-bond acceptors (Lipinski definition) is 2. The van der Waals surface area contributed by atoms with Gasteiger partial charge in [-0.3, -0.25) is 4.98 Å². The van der Waals surface area contributed by atoms with E-state index < -0.39 is 0 Å². The van der Waals surface area contributed by atoms with Gasteiger partial charge in [-0.25, -0.2) is 0 Å². The molecular formula is C33H22N2. The zero-order chi connectivity index (χ0) is 22.7. The molecule has 1 aromatic heterocycles. The van der Waals surface area contributed by atoms with E-state index in [0.29, 0.717) is 0 Å². The minimum absolute atomic E-state index is 0.908. The molecule has 2 aliphatic carbocycles. The first kappa shape index (κ1) is 18.2. The third-order valence-electron chi connectivity index (χ3n) is 8.54. The molecule has 0 fully saturated rings. The largest absolute Gasteiger partial charge is 0.308 e. The van der Waals surface area contributed by atoms with Crippen molar-refractivity contribution in [3.8, 4) is 22.3 Å². The summed E-state index contributed by atoms with van der Waals surface area (Å²) < 4.78 is 0. The van der Waals surface area contributed by atoms with E-state index in [0.717, 1.165) is 25.7 Å². The molecule has 0 saturated carbocycles. The number of pyridine rings is 1. The van der Waals surface area contributed by atoms with Crippen LogP contribution in [0.25, 0.3) is 22.3 Å². The maximum Gasteiger partial charge on any atom is 0.0688 e. The zero-order valence-corrected chi connectivity index (χ0v) is 19.3. The van der Waals surface area contributed by atoms with Crippen molar-refractivity contribution in [3.63, 3.8) is 0 Å². The normalized spacial score (nSPS) is 14.9. The minimum Gasteiger partial charge on any atom is -0.308 e. The highest BCUT2D eigenvalue weighted by atomic mass is 15.2. The molecule has 0 atom stereocenters. The molecule has 0 spiro atoms. The summed E-state index contributed by atoms with van der Waals surface area (Å²) in [4.78, 5) is 7.27. The van der Waals surface area contributed by atoms with Gasteiger partial charge in [0.2, 0.25) is 0 Å². The molecule has 0 amide bonds. The van der Waals surface area contributed by atoms with Crippen molar-refractivity contribution in [2.75, 3.05) is 4.90 Å². The number of para-hydroxylation sites is 1. The average Bonchev–Trinajstić information content (AvgIpc) is 3.44. The molecule has 5 aromatic rings. The molecule has 0 saturated heterocycles. The predicted octanol–water partition coefficient (Wildman–Crippen LogP) is 7.50. The summed E-state index contributed by atoms with van der Waals surface area (Å²) in [6.45, 7) is 0. The molecule has 4 aliphatic rings. The molecule has 0 radical (unpaired) electrons. The fourth-order valence-electron chi connectivity index (χ4n) is 7.10. The zero-order valence-electron chi connectivity index (χ0n) is 19.3. The highest BCUT2D eigenvalue weighted by Gasteiger charge is 2.35. The molecule has 3 heterocycles. The smallest absolute Gasteiger partial charge is 0.0688 e. The summed E-state index contributed by atoms with van der Waals surface area (Å²) in [6.07, 6.45) is 5.89. The van der Waals surface area contributed by atoms with Gasteiger partial charge < -0.3 is 4.90 Å². The van der Waals surface area contributed by atoms with E-state index >= 15 is 0 Å². The van der Waals surface area contributed by atoms with E-state index in [-0.39, 0.29) is 0 Å². The van der Waals surface area contributed by atoms with Crippen molar-refractivity contribution >= 4 is 17.1 Å². The molecular weight excluding hydrogens is 424 g/mol. The minimum atomic E-state index is 0.908. The Kier molecular flexibility index (Phi) is 3.27. The lowest BCUT2D eigenvalue weighted by atomic mass is 9.84. The topological polar surface area (TPSA) is 16.1 Å². The van der Waals surface area contributed by atoms with Gasteiger partial charge in [-0.2, -0.15) is 0 Å². The number of hydrogen-bond donors (Lipinski definition) is 0. The fourth-order valence-corrected chi connectivity index (χ4v) is 7.10. The fraction of sp³-hybridized carbons (Fsp3) is 0.121. The highest BCUT2D eigenvalue weighted by molar-refractivity contribution is 5.95. The molecule has 2 heteroatoms. The molecule has 0 bridgehead atoms. The average molecular weight is 447 g/mol. The summed E-state index contributed by atoms with van der Waals surface area (Å²) in [5.74, 6) is 0. The van der Waals surface area contributed by atoms with Gasteiger partial charge in [-0.1, -0.05) is 48.5 Å². The Morgan fingerprint density at radius 3 is 2.31 bits per heavy atom. The van der Waals surface area contributed by atoms with Gasteiger partial charge in [0.1, 0.15) is 0 Å². The lowest BCUT2D eigenvalue weighted by molar-refractivity contribution is 0.971. The van der Waals surface area contributed by atoms with E-state index in [1.807, 2.05) is 6.20 Å². The number of anilines is 3. The summed E-state index contributed by atoms with van der Waals surface area (Å²) in [6, 6.07) is 29.8. The summed E-state index contributed by atoms with van der Waals surface area (Å²) >= 11 is 0. The standard InChI is InChI=1S/C33H22N2/c1-2-8-25-19(5-1)13-23-17-27-24(16-26(23)25)14-20-10-11-30-28(32(20)27)15-21-6-3-7-22-18-29-31(9-4-12-34-29)35(30)33(21)22/h1-12,16-17H,13-15,18H2. The lowest BCUT2D eigenvalue weighted by Gasteiger charge is -2.39. The molecule has 35 heavy (non-hydrogen) atoms. The van der Waals surface area contributed by atoms with Gasteiger partial charge in [0.25, 0.3) is 0 Å². The summed E-state index contributed by atoms with van der Waals surface area (Å²) in [7, 11) is 0. The Morgan fingerprint density at radius 2 is 1.34 bits per heavy atom. The second kappa shape index (κ2) is 6.28. The van der Waals surface area contributed by atoms with Crippen molar-refractivity contribution < 1.29 is 0 Å². The van der Waals surface area contributed by atoms with Gasteiger partial charge in [0.15, 0.2) is 0 Å². The quantitative estimate of drug-likeness (QED) is 0.240. The number of rotatable bonds is 0. The molecule has 9 rings (SSSR count). The van der Waals surface area contributed by atoms with E-state index in [4.69, 9.17) is 4.98 Å². The van der Waals surface area contributed by atoms with Crippen molar-refractivity contribution in [1.29, 1.82) is 0 Å². The van der Waals surface area contributed by atoms with Crippen molar-refractivity contribution in [2.24, 2.45) is 0 Å². The number of aromatic nitrogens is 1. The van der Waals surface area contributed by atoms with Crippen LogP contribution in [-0.2, 0) is 25.7 Å². The Bertz CT molecular complexity index is 1760. The van der Waals surface area contributed by atoms with Crippen molar-refractivity contribution in [1.82, 2.24) is 4.98 Å². The monoisotopic (exact) mass is 446 g/mol. The Morgan fingerprint density at radius 1 is 0.543 bits per heavy atom. The number of nitrogens with zero attached hydrogens (tertiary/aromatic N) is 2. The van der Waals surface area contributed by atoms with Crippen molar-refractivity contribution in [2.45, 2.75) is 25.7 Å². The van der Waals surface area contributed by atoms with Crippen molar-refractivity contribution in [3.05, 3.63) is 130 Å². The van der Waals surface area contributed by atoms with Crippen LogP contribution in [0.15, 0.2) is 85.1 Å². The van der Waals surface area contributed by atoms with Crippen LogP contribution in [0.3, 0.4) is 0 Å². The molecule has 164 valence electrons. The first-order valence-corrected chi connectivity index (χ1v) is 12.6. The van der Waals surface area contributed by atoms with E-state index in [1.54, 1.807) is 0 Å². The Balaban J connectivity index is 1.28. The van der Waals surface area contributed by atoms with Gasteiger partial charge in [0.05, 0.1) is 22.8 Å². The van der Waals surface area contributed by atoms with Crippen LogP contribution in [0.4, 0.5) is 17.1 Å². The second-order valence-electron chi connectivity index (χ2n) is 10.4. The summed E-state index contributed by atoms with van der Waals surface area (Å²) in [5, 5.41) is 0. The molecule has 0 N–H and O–H groups in total. The SMILES string of the molecule is c1ccc2c(c1)Cc1cc3c(cc1-2)Cc1ccc2c(c1-3)Cc1cccc3c1N2c1cccnc1C3. The van der Waals surface area contributed by atoms with Crippen LogP contribution in [0.1, 0.15) is 44.6 Å². The molecule has 2 aliphatic heterocycles.